The lowest BCUT2D eigenvalue weighted by molar-refractivity contribution is 0.0702. The monoisotopic (exact) mass is 274 g/mol. The molecule has 1 unspecified atom stereocenters. The van der Waals surface area contributed by atoms with Gasteiger partial charge in [-0.3, -0.25) is 4.79 Å². The molecule has 2 N–H and O–H groups in total. The number of hydrogen-bond donors (Lipinski definition) is 2. The summed E-state index contributed by atoms with van der Waals surface area (Å²) < 4.78 is 39.7. The summed E-state index contributed by atoms with van der Waals surface area (Å²) in [4.78, 5) is 13.4. The van der Waals surface area contributed by atoms with E-state index < -0.39 is 34.7 Å². The second-order valence-electron chi connectivity index (χ2n) is 4.49. The van der Waals surface area contributed by atoms with Crippen molar-refractivity contribution in [2.75, 3.05) is 19.6 Å². The van der Waals surface area contributed by atoms with Crippen LogP contribution < -0.4 is 5.32 Å². The smallest absolute Gasteiger partial charge is 0.257 e. The van der Waals surface area contributed by atoms with E-state index in [2.05, 4.69) is 5.32 Å². The first-order valence-corrected chi connectivity index (χ1v) is 5.81. The van der Waals surface area contributed by atoms with Crippen LogP contribution in [0.15, 0.2) is 6.07 Å². The number of piperazine rings is 1. The van der Waals surface area contributed by atoms with Crippen LogP contribution in [-0.4, -0.2) is 41.6 Å². The van der Waals surface area contributed by atoms with E-state index in [0.717, 1.165) is 0 Å². The van der Waals surface area contributed by atoms with Crippen molar-refractivity contribution < 1.29 is 23.1 Å². The van der Waals surface area contributed by atoms with Crippen molar-refractivity contribution in [3.8, 4) is 5.75 Å². The zero-order valence-electron chi connectivity index (χ0n) is 10.2. The summed E-state index contributed by atoms with van der Waals surface area (Å²) >= 11 is 0. The van der Waals surface area contributed by atoms with Crippen LogP contribution in [0.5, 0.6) is 5.75 Å². The van der Waals surface area contributed by atoms with Crippen molar-refractivity contribution in [2.24, 2.45) is 0 Å². The molecule has 7 heteroatoms. The Kier molecular flexibility index (Phi) is 3.66. The first-order valence-electron chi connectivity index (χ1n) is 5.81. The molecule has 2 rings (SSSR count). The minimum atomic E-state index is -1.69. The van der Waals surface area contributed by atoms with Gasteiger partial charge in [-0.05, 0) is 13.0 Å². The van der Waals surface area contributed by atoms with Crippen LogP contribution >= 0.6 is 0 Å². The van der Waals surface area contributed by atoms with Gasteiger partial charge in [0.2, 0.25) is 5.82 Å². The Morgan fingerprint density at radius 3 is 2.74 bits per heavy atom. The second kappa shape index (κ2) is 5.08. The number of amides is 1. The maximum Gasteiger partial charge on any atom is 0.257 e. The average Bonchev–Trinajstić information content (AvgIpc) is 2.40. The molecule has 19 heavy (non-hydrogen) atoms. The Morgan fingerprint density at radius 1 is 1.42 bits per heavy atom. The van der Waals surface area contributed by atoms with E-state index >= 15 is 0 Å². The quantitative estimate of drug-likeness (QED) is 0.758. The number of halogens is 3. The molecular formula is C12H13F3N2O2. The summed E-state index contributed by atoms with van der Waals surface area (Å²) in [7, 11) is 0. The summed E-state index contributed by atoms with van der Waals surface area (Å²) in [6.45, 7) is 3.04. The SMILES string of the molecule is CC1CN(C(=O)c2cc(F)c(F)c(O)c2F)CCN1. The Labute approximate surface area is 107 Å². The highest BCUT2D eigenvalue weighted by Crippen LogP contribution is 2.26. The van der Waals surface area contributed by atoms with Crippen LogP contribution in [0.1, 0.15) is 17.3 Å². The molecule has 1 amide bonds. The highest BCUT2D eigenvalue weighted by molar-refractivity contribution is 5.95. The molecule has 4 nitrogen and oxygen atoms in total. The van der Waals surface area contributed by atoms with Gasteiger partial charge in [0.1, 0.15) is 0 Å². The first kappa shape index (κ1) is 13.7. The third-order valence-corrected chi connectivity index (χ3v) is 3.02. The van der Waals surface area contributed by atoms with Crippen LogP contribution in [0, 0.1) is 17.5 Å². The molecular weight excluding hydrogens is 261 g/mol. The summed E-state index contributed by atoms with van der Waals surface area (Å²) in [5, 5.41) is 12.2. The molecule has 0 radical (unpaired) electrons. The van der Waals surface area contributed by atoms with Crippen LogP contribution in [0.3, 0.4) is 0 Å². The summed E-state index contributed by atoms with van der Waals surface area (Å²) in [5.41, 5.74) is -0.662. The van der Waals surface area contributed by atoms with E-state index in [4.69, 9.17) is 5.11 Å². The lowest BCUT2D eigenvalue weighted by atomic mass is 10.1. The van der Waals surface area contributed by atoms with Crippen molar-refractivity contribution in [1.82, 2.24) is 10.2 Å². The Morgan fingerprint density at radius 2 is 2.11 bits per heavy atom. The molecule has 0 bridgehead atoms. The number of aromatic hydroxyl groups is 1. The predicted octanol–water partition coefficient (Wildman–Crippen LogP) is 1.24. The third kappa shape index (κ3) is 2.51. The van der Waals surface area contributed by atoms with Crippen LogP contribution in [0.4, 0.5) is 13.2 Å². The van der Waals surface area contributed by atoms with Crippen LogP contribution in [0.25, 0.3) is 0 Å². The molecule has 0 aromatic heterocycles. The second-order valence-corrected chi connectivity index (χ2v) is 4.49. The van der Waals surface area contributed by atoms with E-state index in [9.17, 15) is 18.0 Å². The minimum absolute atomic E-state index is 0.0275. The standard InChI is InChI=1S/C12H13F3N2O2/c1-6-5-17(3-2-16-6)12(19)7-4-8(13)10(15)11(18)9(7)14/h4,6,16,18H,2-3,5H2,1H3. The number of phenols is 1. The van der Waals surface area contributed by atoms with Gasteiger partial charge < -0.3 is 15.3 Å². The van der Waals surface area contributed by atoms with E-state index in [1.165, 1.54) is 4.90 Å². The molecule has 1 aromatic carbocycles. The molecule has 0 spiro atoms. The Bertz CT molecular complexity index is 522. The fraction of sp³-hybridized carbons (Fsp3) is 0.417. The predicted molar refractivity (Wildman–Crippen MR) is 61.3 cm³/mol. The van der Waals surface area contributed by atoms with Crippen molar-refractivity contribution in [3.05, 3.63) is 29.1 Å². The van der Waals surface area contributed by atoms with Gasteiger partial charge in [-0.2, -0.15) is 4.39 Å². The maximum absolute atomic E-state index is 13.6. The van der Waals surface area contributed by atoms with E-state index in [-0.39, 0.29) is 6.04 Å². The lowest BCUT2D eigenvalue weighted by Crippen LogP contribution is -2.51. The molecule has 0 aliphatic carbocycles. The number of nitrogens with one attached hydrogen (secondary N) is 1. The molecule has 1 fully saturated rings. The molecule has 1 aromatic rings. The van der Waals surface area contributed by atoms with Gasteiger partial charge >= 0.3 is 0 Å². The number of nitrogens with zero attached hydrogens (tertiary/aromatic N) is 1. The topological polar surface area (TPSA) is 52.6 Å². The van der Waals surface area contributed by atoms with Gasteiger partial charge in [-0.15, -0.1) is 0 Å². The summed E-state index contributed by atoms with van der Waals surface area (Å²) in [5.74, 6) is -6.81. The summed E-state index contributed by atoms with van der Waals surface area (Å²) in [6.07, 6.45) is 0. The van der Waals surface area contributed by atoms with E-state index in [0.29, 0.717) is 25.7 Å². The number of rotatable bonds is 1. The van der Waals surface area contributed by atoms with Gasteiger partial charge in [0.15, 0.2) is 17.4 Å². The van der Waals surface area contributed by atoms with Gasteiger partial charge in [0, 0.05) is 25.7 Å². The third-order valence-electron chi connectivity index (χ3n) is 3.02. The highest BCUT2D eigenvalue weighted by atomic mass is 19.2. The number of phenolic OH excluding ortho intramolecular Hbond substituents is 1. The largest absolute Gasteiger partial charge is 0.503 e. The number of carbonyl (C=O) groups is 1. The molecule has 1 heterocycles. The normalized spacial score (nSPS) is 19.6. The van der Waals surface area contributed by atoms with Crippen LogP contribution in [-0.2, 0) is 0 Å². The van der Waals surface area contributed by atoms with Crippen molar-refractivity contribution in [3.63, 3.8) is 0 Å². The number of benzene rings is 1. The van der Waals surface area contributed by atoms with Gasteiger partial charge in [-0.1, -0.05) is 0 Å². The van der Waals surface area contributed by atoms with E-state index in [1.54, 1.807) is 0 Å². The molecule has 1 aliphatic rings. The van der Waals surface area contributed by atoms with E-state index in [1.807, 2.05) is 6.92 Å². The van der Waals surface area contributed by atoms with Crippen molar-refractivity contribution in [1.29, 1.82) is 0 Å². The first-order chi connectivity index (χ1) is 8.91. The van der Waals surface area contributed by atoms with Crippen molar-refractivity contribution >= 4 is 5.91 Å². The maximum atomic E-state index is 13.6. The molecule has 0 saturated carbocycles. The molecule has 1 saturated heterocycles. The molecule has 1 atom stereocenters. The average molecular weight is 274 g/mol. The fourth-order valence-electron chi connectivity index (χ4n) is 2.03. The minimum Gasteiger partial charge on any atom is -0.503 e. The van der Waals surface area contributed by atoms with Gasteiger partial charge in [0.05, 0.1) is 5.56 Å². The zero-order valence-corrected chi connectivity index (χ0v) is 10.2. The number of hydrogen-bond acceptors (Lipinski definition) is 3. The molecule has 1 aliphatic heterocycles. The fourth-order valence-corrected chi connectivity index (χ4v) is 2.03. The number of carbonyl (C=O) groups excluding carboxylic acids is 1. The summed E-state index contributed by atoms with van der Waals surface area (Å²) in [6, 6.07) is 0.499. The highest BCUT2D eigenvalue weighted by Gasteiger charge is 2.27. The van der Waals surface area contributed by atoms with Gasteiger partial charge in [0.25, 0.3) is 5.91 Å². The zero-order chi connectivity index (χ0) is 14.2. The van der Waals surface area contributed by atoms with Gasteiger partial charge in [-0.25, -0.2) is 8.78 Å². The Balaban J connectivity index is 2.34. The van der Waals surface area contributed by atoms with Crippen molar-refractivity contribution in [2.45, 2.75) is 13.0 Å². The molecule has 104 valence electrons. The lowest BCUT2D eigenvalue weighted by Gasteiger charge is -2.32. The van der Waals surface area contributed by atoms with Crippen LogP contribution in [0.2, 0.25) is 0 Å². The Hall–Kier alpha value is -1.76.